The van der Waals surface area contributed by atoms with Crippen LogP contribution in [0.2, 0.25) is 76.6 Å². The van der Waals surface area contributed by atoms with Gasteiger partial charge in [0.05, 0.1) is 13.7 Å². The van der Waals surface area contributed by atoms with Crippen molar-refractivity contribution in [2.45, 2.75) is 142 Å². The molecule has 4 aromatic rings. The molecule has 0 bridgehead atoms. The van der Waals surface area contributed by atoms with Crippen LogP contribution < -0.4 is 4.74 Å². The normalized spacial score (nSPS) is 12.0. The molecule has 5 N–H and O–H groups in total. The summed E-state index contributed by atoms with van der Waals surface area (Å²) in [5.74, 6) is 1.66. The van der Waals surface area contributed by atoms with Gasteiger partial charge in [-0.2, -0.15) is 0 Å². The second-order valence-corrected chi connectivity index (χ2v) is 35.8. The maximum atomic E-state index is 9.91. The quantitative estimate of drug-likeness (QED) is 0.0494. The van der Waals surface area contributed by atoms with Crippen molar-refractivity contribution >= 4 is 33.3 Å². The molecule has 0 heterocycles. The van der Waals surface area contributed by atoms with Gasteiger partial charge in [0.1, 0.15) is 17.2 Å². The topological polar surface area (TPSA) is 129 Å². The lowest BCUT2D eigenvalue weighted by Gasteiger charge is -2.34. The minimum Gasteiger partial charge on any atom is -0.508 e. The van der Waals surface area contributed by atoms with Crippen LogP contribution in [0.3, 0.4) is 0 Å². The Labute approximate surface area is 360 Å². The molecule has 0 fully saturated rings. The number of aliphatic hydroxyl groups excluding tert-OH is 1. The zero-order valence-corrected chi connectivity index (χ0v) is 40.7. The predicted molar refractivity (Wildman–Crippen MR) is 256 cm³/mol. The van der Waals surface area contributed by atoms with Gasteiger partial charge in [0.15, 0.2) is 44.8 Å². The zero-order chi connectivity index (χ0) is 43.0. The summed E-state index contributed by atoms with van der Waals surface area (Å²) in [7, 11) is -5.40. The molecule has 59 heavy (non-hydrogen) atoms. The largest absolute Gasteiger partial charge is 0.508 e. The monoisotopic (exact) mass is 880 g/mol. The molecule has 0 radical (unpaired) electrons. The standard InChI is InChI=1S/C24H38O5Si2.C22H34O3Si2.CH4/c1-28-24-17-20(11-13-23(24)27)9-7-15-31(4,5)29-30(2,3)14-6-8-19-10-12-22(26)21(16-19)18-25;1-26(2,17-9-13-19-11-5-7-15-21(19)23)25-27(3,4)18-10-14-20-12-6-8-16-22(20)24;/h10-13,16-17,25-27H,6-9,14-15,18H2,1-5H3;5-8,11-12,15-16,23-24H,9-10,13-14,17-18H2,1-4H3;1H4. The number of aromatic hydroxyl groups is 4. The van der Waals surface area contributed by atoms with E-state index in [4.69, 9.17) is 13.0 Å². The van der Waals surface area contributed by atoms with E-state index in [1.807, 2.05) is 60.7 Å². The molecule has 0 saturated carbocycles. The van der Waals surface area contributed by atoms with E-state index in [0.717, 1.165) is 92.2 Å². The van der Waals surface area contributed by atoms with E-state index in [9.17, 15) is 25.5 Å². The van der Waals surface area contributed by atoms with E-state index < -0.39 is 33.3 Å². The first kappa shape index (κ1) is 51.8. The number of aliphatic hydroxyl groups is 1. The number of phenolic OH excluding ortho intramolecular Hbond substituents is 3. The highest BCUT2D eigenvalue weighted by atomic mass is 28.4. The zero-order valence-electron chi connectivity index (χ0n) is 36.7. The molecule has 0 aliphatic heterocycles. The smallest absolute Gasteiger partial charge is 0.173 e. The highest BCUT2D eigenvalue weighted by molar-refractivity contribution is 6.85. The van der Waals surface area contributed by atoms with E-state index in [2.05, 4.69) is 52.4 Å². The number of ether oxygens (including phenoxy) is 1. The van der Waals surface area contributed by atoms with Crippen LogP contribution >= 0.6 is 0 Å². The Morgan fingerprint density at radius 2 is 0.797 bits per heavy atom. The van der Waals surface area contributed by atoms with Crippen molar-refractivity contribution in [3.63, 3.8) is 0 Å². The molecule has 0 aliphatic rings. The van der Waals surface area contributed by atoms with Gasteiger partial charge in [0.2, 0.25) is 0 Å². The van der Waals surface area contributed by atoms with Crippen molar-refractivity contribution in [1.29, 1.82) is 0 Å². The summed E-state index contributed by atoms with van der Waals surface area (Å²) in [5, 5.41) is 48.6. The molecule has 12 heteroatoms. The molecule has 0 saturated heterocycles. The lowest BCUT2D eigenvalue weighted by Crippen LogP contribution is -2.44. The van der Waals surface area contributed by atoms with Crippen LogP contribution in [0, 0.1) is 0 Å². The second kappa shape index (κ2) is 24.2. The summed E-state index contributed by atoms with van der Waals surface area (Å²) in [4.78, 5) is 0. The SMILES string of the molecule is C.COc1cc(CCC[Si](C)(C)O[Si](C)(C)CCCc2ccc(O)c(CO)c2)ccc1O.C[Si](C)(CCCc1ccccc1O)O[Si](C)(C)CCCc1ccccc1O. The predicted octanol–water partition coefficient (Wildman–Crippen LogP) is 12.3. The van der Waals surface area contributed by atoms with E-state index >= 15 is 0 Å². The Morgan fingerprint density at radius 1 is 0.441 bits per heavy atom. The van der Waals surface area contributed by atoms with Gasteiger partial charge in [-0.15, -0.1) is 0 Å². The summed E-state index contributed by atoms with van der Waals surface area (Å²) in [6.45, 7) is 18.4. The van der Waals surface area contributed by atoms with Crippen molar-refractivity contribution in [3.8, 4) is 28.7 Å². The highest BCUT2D eigenvalue weighted by Gasteiger charge is 2.33. The Morgan fingerprint density at radius 3 is 1.19 bits per heavy atom. The molecule has 0 spiro atoms. The first-order valence-electron chi connectivity index (χ1n) is 21.0. The number of benzene rings is 4. The number of phenols is 4. The number of rotatable bonds is 22. The number of aryl methyl sites for hydroxylation is 4. The Kier molecular flexibility index (Phi) is 21.2. The van der Waals surface area contributed by atoms with Crippen LogP contribution in [-0.2, 0) is 40.5 Å². The molecule has 4 rings (SSSR count). The number of hydrogen-bond donors (Lipinski definition) is 5. The van der Waals surface area contributed by atoms with Crippen LogP contribution in [0.5, 0.6) is 28.7 Å². The second-order valence-electron chi connectivity index (χ2n) is 18.0. The molecule has 0 unspecified atom stereocenters. The third kappa shape index (κ3) is 19.3. The van der Waals surface area contributed by atoms with Gasteiger partial charge in [-0.05, 0) is 187 Å². The third-order valence-electron chi connectivity index (χ3n) is 10.6. The van der Waals surface area contributed by atoms with Crippen LogP contribution in [0.15, 0.2) is 84.9 Å². The Bertz CT molecular complexity index is 1720. The molecule has 0 atom stereocenters. The van der Waals surface area contributed by atoms with Gasteiger partial charge in [-0.3, -0.25) is 0 Å². The van der Waals surface area contributed by atoms with E-state index in [-0.39, 0.29) is 25.5 Å². The highest BCUT2D eigenvalue weighted by Crippen LogP contribution is 2.30. The van der Waals surface area contributed by atoms with Gasteiger partial charge < -0.3 is 38.5 Å². The Hall–Kier alpha value is -3.37. The fourth-order valence-corrected chi connectivity index (χ4v) is 25.5. The minimum atomic E-state index is -1.77. The van der Waals surface area contributed by atoms with Crippen molar-refractivity contribution in [3.05, 3.63) is 113 Å². The number of hydrogen-bond acceptors (Lipinski definition) is 8. The van der Waals surface area contributed by atoms with Crippen LogP contribution in [0.25, 0.3) is 0 Å². The molecule has 0 amide bonds. The average Bonchev–Trinajstić information content (AvgIpc) is 3.13. The number of para-hydroxylation sites is 2. The van der Waals surface area contributed by atoms with Crippen LogP contribution in [0.1, 0.15) is 60.9 Å². The van der Waals surface area contributed by atoms with Gasteiger partial charge in [0.25, 0.3) is 0 Å². The molecule has 0 aromatic heterocycles. The fraction of sp³-hybridized carbons (Fsp3) is 0.489. The van der Waals surface area contributed by atoms with Crippen molar-refractivity contribution in [2.75, 3.05) is 7.11 Å². The summed E-state index contributed by atoms with van der Waals surface area (Å²) in [5.41, 5.74) is 4.97. The fourth-order valence-electron chi connectivity index (χ4n) is 7.79. The van der Waals surface area contributed by atoms with Gasteiger partial charge in [-0.25, -0.2) is 0 Å². The summed E-state index contributed by atoms with van der Waals surface area (Å²) in [6, 6.07) is 30.7. The maximum Gasteiger partial charge on any atom is 0.173 e. The Balaban J connectivity index is 0.000000404. The lowest BCUT2D eigenvalue weighted by molar-refractivity contribution is 0.275. The third-order valence-corrected chi connectivity index (χ3v) is 25.7. The molecular weight excluding hydrogens is 805 g/mol. The number of methoxy groups -OCH3 is 1. The van der Waals surface area contributed by atoms with E-state index in [1.165, 1.54) is 5.56 Å². The lowest BCUT2D eigenvalue weighted by atomic mass is 10.1. The van der Waals surface area contributed by atoms with Gasteiger partial charge in [0, 0.05) is 5.56 Å². The van der Waals surface area contributed by atoms with Crippen molar-refractivity contribution in [1.82, 2.24) is 0 Å². The van der Waals surface area contributed by atoms with E-state index in [1.54, 1.807) is 31.4 Å². The molecule has 0 aliphatic carbocycles. The molecule has 4 aromatic carbocycles. The summed E-state index contributed by atoms with van der Waals surface area (Å²) in [6.07, 6.45) is 7.91. The molecule has 328 valence electrons. The first-order chi connectivity index (χ1) is 27.2. The van der Waals surface area contributed by atoms with Gasteiger partial charge >= 0.3 is 0 Å². The first-order valence-corrected chi connectivity index (χ1v) is 33.4. The molecular formula is C47H76O8Si4. The van der Waals surface area contributed by atoms with Crippen molar-refractivity contribution < 1.29 is 38.5 Å². The molecule has 8 nitrogen and oxygen atoms in total. The van der Waals surface area contributed by atoms with Crippen LogP contribution in [0.4, 0.5) is 0 Å². The summed E-state index contributed by atoms with van der Waals surface area (Å²) < 4.78 is 18.7. The van der Waals surface area contributed by atoms with Crippen molar-refractivity contribution in [2.24, 2.45) is 0 Å². The average molecular weight is 881 g/mol. The summed E-state index contributed by atoms with van der Waals surface area (Å²) >= 11 is 0. The van der Waals surface area contributed by atoms with E-state index in [0.29, 0.717) is 22.8 Å². The minimum absolute atomic E-state index is 0. The van der Waals surface area contributed by atoms with Gasteiger partial charge in [-0.1, -0.05) is 56.0 Å². The van der Waals surface area contributed by atoms with Crippen LogP contribution in [-0.4, -0.2) is 65.9 Å². The maximum absolute atomic E-state index is 9.91.